The van der Waals surface area contributed by atoms with E-state index in [1.54, 1.807) is 17.6 Å². The minimum absolute atomic E-state index is 0.0265. The maximum absolute atomic E-state index is 12.5. The first-order valence-electron chi connectivity index (χ1n) is 18.4. The molecular weight excluding hydrogens is 690 g/mol. The molecule has 0 aromatic heterocycles. The third-order valence-corrected chi connectivity index (χ3v) is 10.0. The molecule has 4 aromatic carbocycles. The van der Waals surface area contributed by atoms with E-state index >= 15 is 0 Å². The number of hydrogen-bond donors (Lipinski definition) is 4. The summed E-state index contributed by atoms with van der Waals surface area (Å²) in [5.74, 6) is -0.559. The molecule has 0 unspecified atom stereocenters. The van der Waals surface area contributed by atoms with Crippen molar-refractivity contribution in [2.24, 2.45) is 0 Å². The summed E-state index contributed by atoms with van der Waals surface area (Å²) in [6.07, 6.45) is 1.29. The monoisotopic (exact) mass is 737 g/mol. The Morgan fingerprint density at radius 1 is 0.815 bits per heavy atom. The Balaban J connectivity index is 1.10. The average molecular weight is 738 g/mol. The molecule has 54 heavy (non-hydrogen) atoms. The summed E-state index contributed by atoms with van der Waals surface area (Å²) >= 11 is 0. The number of unbranched alkanes of at least 4 members (excludes halogenated alkanes) is 1. The molecule has 0 bridgehead atoms. The van der Waals surface area contributed by atoms with Crippen molar-refractivity contribution in [3.05, 3.63) is 129 Å². The van der Waals surface area contributed by atoms with Crippen molar-refractivity contribution < 1.29 is 34.3 Å². The Morgan fingerprint density at radius 2 is 1.48 bits per heavy atom. The molecule has 13 nitrogen and oxygen atoms in total. The van der Waals surface area contributed by atoms with Crippen LogP contribution in [0.2, 0.25) is 0 Å². The number of carbonyl (C=O) groups excluding carboxylic acids is 2. The number of nitro benzene ring substituents is 1. The van der Waals surface area contributed by atoms with E-state index in [4.69, 9.17) is 14.7 Å². The lowest BCUT2D eigenvalue weighted by molar-refractivity contribution is -0.384. The van der Waals surface area contributed by atoms with Gasteiger partial charge < -0.3 is 24.8 Å². The number of aliphatic hydroxyl groups excluding tert-OH is 1. The topological polar surface area (TPSA) is 167 Å². The van der Waals surface area contributed by atoms with Crippen LogP contribution in [0.4, 0.5) is 11.4 Å². The van der Waals surface area contributed by atoms with Crippen molar-refractivity contribution in [2.45, 2.75) is 63.8 Å². The Hall–Kier alpha value is -5.18. The van der Waals surface area contributed by atoms with Gasteiger partial charge in [0.1, 0.15) is 0 Å². The van der Waals surface area contributed by atoms with Crippen LogP contribution in [0.1, 0.15) is 66.8 Å². The minimum atomic E-state index is -0.597. The molecule has 4 N–H and O–H groups in total. The van der Waals surface area contributed by atoms with Gasteiger partial charge in [-0.1, -0.05) is 72.8 Å². The second kappa shape index (κ2) is 18.7. The first kappa shape index (κ1) is 38.5. The van der Waals surface area contributed by atoms with Gasteiger partial charge >= 0.3 is 0 Å². The van der Waals surface area contributed by atoms with Crippen molar-refractivity contribution in [3.8, 4) is 11.1 Å². The second-order valence-corrected chi connectivity index (χ2v) is 13.7. The zero-order chi connectivity index (χ0) is 37.9. The summed E-state index contributed by atoms with van der Waals surface area (Å²) in [5, 5.41) is 32.3. The maximum atomic E-state index is 12.5. The fraction of sp³-hybridized carbons (Fsp3) is 0.366. The Kier molecular flexibility index (Phi) is 13.4. The molecule has 2 saturated heterocycles. The summed E-state index contributed by atoms with van der Waals surface area (Å²) < 4.78 is 13.3. The highest BCUT2D eigenvalue weighted by molar-refractivity contribution is 5.77. The van der Waals surface area contributed by atoms with Crippen LogP contribution in [-0.4, -0.2) is 70.8 Å². The summed E-state index contributed by atoms with van der Waals surface area (Å²) in [4.78, 5) is 39.0. The third-order valence-electron chi connectivity index (χ3n) is 10.0. The van der Waals surface area contributed by atoms with Crippen molar-refractivity contribution in [2.75, 3.05) is 37.6 Å². The standard InChI is InChI=1S/C41H47N5O8/c47-28-29-9-11-31(12-10-29)38-25-36(27-44-21-23-45(24-22-44)34-17-19-35(20-18-34)46(51)52)53-41(54-38)32-15-13-30(14-16-32)37-6-2-1-5-33(37)26-42-39(48)7-3-4-8-40(49)43-50/h1-2,5-6,9-20,36,38,41,47,50H,3-4,7-8,21-28H2,(H,42,48)(H,43,49)/t36-,38+,41+/m0/s1. The first-order chi connectivity index (χ1) is 26.3. The lowest BCUT2D eigenvalue weighted by Gasteiger charge is -2.41. The normalized spacial score (nSPS) is 18.9. The van der Waals surface area contributed by atoms with Gasteiger partial charge in [-0.2, -0.15) is 0 Å². The summed E-state index contributed by atoms with van der Waals surface area (Å²) in [7, 11) is 0. The Bertz CT molecular complexity index is 1850. The molecule has 2 aliphatic heterocycles. The molecule has 284 valence electrons. The van der Waals surface area contributed by atoms with E-state index in [0.29, 0.717) is 32.2 Å². The molecular formula is C41H47N5O8. The molecule has 2 heterocycles. The molecule has 0 radical (unpaired) electrons. The fourth-order valence-corrected chi connectivity index (χ4v) is 6.98. The third kappa shape index (κ3) is 10.3. The fourth-order valence-electron chi connectivity index (χ4n) is 6.98. The van der Waals surface area contributed by atoms with Gasteiger partial charge in [0.25, 0.3) is 5.69 Å². The molecule has 0 spiro atoms. The number of hydrogen-bond acceptors (Lipinski definition) is 10. The number of carbonyl (C=O) groups is 2. The van der Waals surface area contributed by atoms with E-state index in [9.17, 15) is 24.8 Å². The number of ether oxygens (including phenoxy) is 2. The van der Waals surface area contributed by atoms with Crippen LogP contribution in [-0.2, 0) is 32.2 Å². The molecule has 13 heteroatoms. The maximum Gasteiger partial charge on any atom is 0.269 e. The molecule has 0 saturated carbocycles. The molecule has 3 atom stereocenters. The van der Waals surface area contributed by atoms with Gasteiger partial charge in [0.15, 0.2) is 6.29 Å². The number of aliphatic hydroxyl groups is 1. The zero-order valence-electron chi connectivity index (χ0n) is 30.1. The minimum Gasteiger partial charge on any atom is -0.392 e. The van der Waals surface area contributed by atoms with Crippen LogP contribution >= 0.6 is 0 Å². The van der Waals surface area contributed by atoms with E-state index in [1.165, 1.54) is 0 Å². The smallest absolute Gasteiger partial charge is 0.269 e. The highest BCUT2D eigenvalue weighted by Crippen LogP contribution is 2.39. The van der Waals surface area contributed by atoms with Gasteiger partial charge in [0.2, 0.25) is 11.8 Å². The van der Waals surface area contributed by atoms with Gasteiger partial charge in [-0.25, -0.2) is 5.48 Å². The van der Waals surface area contributed by atoms with E-state index in [0.717, 1.165) is 71.8 Å². The highest BCUT2D eigenvalue weighted by atomic mass is 16.7. The van der Waals surface area contributed by atoms with Crippen LogP contribution in [0.3, 0.4) is 0 Å². The van der Waals surface area contributed by atoms with Crippen LogP contribution in [0.15, 0.2) is 97.1 Å². The first-order valence-corrected chi connectivity index (χ1v) is 18.4. The zero-order valence-corrected chi connectivity index (χ0v) is 30.1. The van der Waals surface area contributed by atoms with Crippen molar-refractivity contribution in [1.29, 1.82) is 0 Å². The van der Waals surface area contributed by atoms with Crippen LogP contribution in [0.5, 0.6) is 0 Å². The molecule has 4 aromatic rings. The van der Waals surface area contributed by atoms with Crippen LogP contribution in [0.25, 0.3) is 11.1 Å². The van der Waals surface area contributed by atoms with Crippen molar-refractivity contribution in [3.63, 3.8) is 0 Å². The van der Waals surface area contributed by atoms with E-state index < -0.39 is 12.2 Å². The van der Waals surface area contributed by atoms with Gasteiger partial charge in [-0.05, 0) is 52.8 Å². The number of benzene rings is 4. The van der Waals surface area contributed by atoms with Crippen molar-refractivity contribution in [1.82, 2.24) is 15.7 Å². The lowest BCUT2D eigenvalue weighted by Crippen LogP contribution is -2.49. The van der Waals surface area contributed by atoms with Gasteiger partial charge in [0, 0.05) is 81.9 Å². The predicted molar refractivity (Wildman–Crippen MR) is 202 cm³/mol. The molecule has 2 aliphatic rings. The van der Waals surface area contributed by atoms with Crippen LogP contribution < -0.4 is 15.7 Å². The van der Waals surface area contributed by atoms with Crippen molar-refractivity contribution >= 4 is 23.2 Å². The largest absolute Gasteiger partial charge is 0.392 e. The van der Waals surface area contributed by atoms with E-state index in [1.807, 2.05) is 84.9 Å². The van der Waals surface area contributed by atoms with Gasteiger partial charge in [0.05, 0.1) is 23.7 Å². The second-order valence-electron chi connectivity index (χ2n) is 13.7. The number of amides is 2. The van der Waals surface area contributed by atoms with Gasteiger partial charge in [-0.15, -0.1) is 0 Å². The quantitative estimate of drug-likeness (QED) is 0.0507. The molecule has 6 rings (SSSR count). The number of nitrogens with zero attached hydrogens (tertiary/aromatic N) is 3. The number of hydroxylamine groups is 1. The number of nitrogens with one attached hydrogen (secondary N) is 2. The predicted octanol–water partition coefficient (Wildman–Crippen LogP) is 5.80. The van der Waals surface area contributed by atoms with E-state index in [2.05, 4.69) is 15.1 Å². The average Bonchev–Trinajstić information content (AvgIpc) is 3.22. The van der Waals surface area contributed by atoms with E-state index in [-0.39, 0.29) is 41.8 Å². The number of piperazine rings is 1. The number of nitro groups is 1. The molecule has 2 amide bonds. The highest BCUT2D eigenvalue weighted by Gasteiger charge is 2.34. The molecule has 2 fully saturated rings. The van der Waals surface area contributed by atoms with Gasteiger partial charge in [-0.3, -0.25) is 29.8 Å². The summed E-state index contributed by atoms with van der Waals surface area (Å²) in [6.45, 7) is 4.33. The Morgan fingerprint density at radius 3 is 2.15 bits per heavy atom. The number of non-ortho nitro benzene ring substituents is 1. The SMILES string of the molecule is O=C(CCCCC(=O)NCc1ccccc1-c1ccc([C@@H]2O[C@H](CN3CCN(c4ccc([N+](=O)[O-])cc4)CC3)C[C@H](c3ccc(CO)cc3)O2)cc1)NO. The summed E-state index contributed by atoms with van der Waals surface area (Å²) in [6, 6.07) is 30.6. The number of anilines is 1. The summed E-state index contributed by atoms with van der Waals surface area (Å²) in [5.41, 5.74) is 8.39. The number of rotatable bonds is 15. The molecule has 0 aliphatic carbocycles. The lowest BCUT2D eigenvalue weighted by atomic mass is 9.97. The van der Waals surface area contributed by atoms with Crippen LogP contribution in [0, 0.1) is 10.1 Å². The Labute approximate surface area is 314 Å².